The Hall–Kier alpha value is -2.73. The number of thioether (sulfide) groups is 1. The number of hydrogen-bond donors (Lipinski definition) is 0. The fourth-order valence-electron chi connectivity index (χ4n) is 3.31. The van der Waals surface area contributed by atoms with Gasteiger partial charge < -0.3 is 9.64 Å². The van der Waals surface area contributed by atoms with Crippen LogP contribution in [0.4, 0.5) is 5.69 Å². The lowest BCUT2D eigenvalue weighted by atomic mass is 10.2. The highest BCUT2D eigenvalue weighted by Crippen LogP contribution is 2.32. The molecule has 3 aromatic rings. The Bertz CT molecular complexity index is 952. The van der Waals surface area contributed by atoms with Gasteiger partial charge in [-0.3, -0.25) is 9.36 Å². The Morgan fingerprint density at radius 3 is 2.74 bits per heavy atom. The number of para-hydroxylation sites is 1. The van der Waals surface area contributed by atoms with E-state index in [1.807, 2.05) is 65.1 Å². The molecule has 1 atom stereocenters. The number of carbonyl (C=O) groups excluding carboxylic acids is 1. The SMILES string of the molecule is COc1ccc(-n2ccnc2SC(C)C(=O)N2CCc3ccccc32)cc1. The van der Waals surface area contributed by atoms with Crippen LogP contribution in [0.3, 0.4) is 0 Å². The van der Waals surface area contributed by atoms with Gasteiger partial charge in [-0.1, -0.05) is 30.0 Å². The minimum atomic E-state index is -0.226. The van der Waals surface area contributed by atoms with E-state index in [0.717, 1.165) is 35.2 Å². The first-order chi connectivity index (χ1) is 13.2. The molecule has 1 aliphatic heterocycles. The van der Waals surface area contributed by atoms with Crippen LogP contribution in [0.1, 0.15) is 12.5 Å². The van der Waals surface area contributed by atoms with E-state index >= 15 is 0 Å². The van der Waals surface area contributed by atoms with Gasteiger partial charge in [-0.05, 0) is 49.2 Å². The number of methoxy groups -OCH3 is 1. The highest BCUT2D eigenvalue weighted by Gasteiger charge is 2.29. The third kappa shape index (κ3) is 3.45. The molecule has 1 aromatic heterocycles. The Morgan fingerprint density at radius 2 is 1.96 bits per heavy atom. The van der Waals surface area contributed by atoms with Crippen molar-refractivity contribution in [2.24, 2.45) is 0 Å². The lowest BCUT2D eigenvalue weighted by Crippen LogP contribution is -2.35. The number of ether oxygens (including phenoxy) is 1. The van der Waals surface area contributed by atoms with E-state index in [0.29, 0.717) is 0 Å². The predicted octanol–water partition coefficient (Wildman–Crippen LogP) is 3.95. The molecule has 0 spiro atoms. The Kier molecular flexibility index (Phi) is 4.90. The third-order valence-corrected chi connectivity index (χ3v) is 5.81. The number of fused-ring (bicyclic) bond motifs is 1. The average Bonchev–Trinajstić information content (AvgIpc) is 3.34. The molecule has 1 unspecified atom stereocenters. The molecular weight excluding hydrogens is 358 g/mol. The van der Waals surface area contributed by atoms with Gasteiger partial charge in [0.2, 0.25) is 5.91 Å². The summed E-state index contributed by atoms with van der Waals surface area (Å²) in [5.74, 6) is 0.929. The van der Waals surface area contributed by atoms with Crippen molar-refractivity contribution in [3.05, 3.63) is 66.5 Å². The molecule has 4 rings (SSSR count). The summed E-state index contributed by atoms with van der Waals surface area (Å²) in [6, 6.07) is 15.9. The molecule has 138 valence electrons. The monoisotopic (exact) mass is 379 g/mol. The Labute approximate surface area is 163 Å². The predicted molar refractivity (Wildman–Crippen MR) is 108 cm³/mol. The molecule has 0 bridgehead atoms. The smallest absolute Gasteiger partial charge is 0.240 e. The first-order valence-electron chi connectivity index (χ1n) is 8.91. The van der Waals surface area contributed by atoms with Gasteiger partial charge in [-0.2, -0.15) is 0 Å². The maximum atomic E-state index is 13.0. The number of imidazole rings is 1. The maximum Gasteiger partial charge on any atom is 0.240 e. The molecule has 0 aliphatic carbocycles. The van der Waals surface area contributed by atoms with Crippen molar-refractivity contribution in [2.75, 3.05) is 18.6 Å². The zero-order valence-electron chi connectivity index (χ0n) is 15.3. The number of aromatic nitrogens is 2. The summed E-state index contributed by atoms with van der Waals surface area (Å²) in [6.07, 6.45) is 4.58. The first-order valence-corrected chi connectivity index (χ1v) is 9.79. The van der Waals surface area contributed by atoms with Gasteiger partial charge in [0.25, 0.3) is 0 Å². The number of carbonyl (C=O) groups is 1. The van der Waals surface area contributed by atoms with Gasteiger partial charge in [0, 0.05) is 30.3 Å². The molecule has 0 saturated heterocycles. The summed E-state index contributed by atoms with van der Waals surface area (Å²) in [5, 5.41) is 0.573. The van der Waals surface area contributed by atoms with Gasteiger partial charge in [0.15, 0.2) is 5.16 Å². The average molecular weight is 379 g/mol. The topological polar surface area (TPSA) is 47.4 Å². The highest BCUT2D eigenvalue weighted by molar-refractivity contribution is 8.00. The van der Waals surface area contributed by atoms with Crippen molar-refractivity contribution in [1.29, 1.82) is 0 Å². The van der Waals surface area contributed by atoms with E-state index in [4.69, 9.17) is 4.74 Å². The second-order valence-corrected chi connectivity index (χ2v) is 7.71. The van der Waals surface area contributed by atoms with E-state index in [2.05, 4.69) is 11.1 Å². The lowest BCUT2D eigenvalue weighted by Gasteiger charge is -2.21. The summed E-state index contributed by atoms with van der Waals surface area (Å²) in [4.78, 5) is 19.4. The second kappa shape index (κ2) is 7.48. The van der Waals surface area contributed by atoms with Crippen LogP contribution in [-0.2, 0) is 11.2 Å². The molecule has 0 fully saturated rings. The number of benzene rings is 2. The molecule has 2 aromatic carbocycles. The van der Waals surface area contributed by atoms with E-state index in [1.54, 1.807) is 13.3 Å². The van der Waals surface area contributed by atoms with Crippen LogP contribution < -0.4 is 9.64 Å². The fraction of sp³-hybridized carbons (Fsp3) is 0.238. The largest absolute Gasteiger partial charge is 0.497 e. The van der Waals surface area contributed by atoms with E-state index in [9.17, 15) is 4.79 Å². The summed E-state index contributed by atoms with van der Waals surface area (Å²) in [5.41, 5.74) is 3.26. The number of rotatable bonds is 5. The number of anilines is 1. The van der Waals surface area contributed by atoms with Crippen LogP contribution in [-0.4, -0.2) is 34.4 Å². The molecular formula is C21H21N3O2S. The minimum Gasteiger partial charge on any atom is -0.497 e. The van der Waals surface area contributed by atoms with Crippen molar-refractivity contribution >= 4 is 23.4 Å². The summed E-state index contributed by atoms with van der Waals surface area (Å²) in [7, 11) is 1.65. The van der Waals surface area contributed by atoms with Gasteiger partial charge in [-0.25, -0.2) is 4.98 Å². The zero-order chi connectivity index (χ0) is 18.8. The van der Waals surface area contributed by atoms with Crippen molar-refractivity contribution in [1.82, 2.24) is 9.55 Å². The molecule has 27 heavy (non-hydrogen) atoms. The van der Waals surface area contributed by atoms with Gasteiger partial charge >= 0.3 is 0 Å². The molecule has 1 aliphatic rings. The van der Waals surface area contributed by atoms with Crippen molar-refractivity contribution in [3.8, 4) is 11.4 Å². The summed E-state index contributed by atoms with van der Waals surface area (Å²) in [6.45, 7) is 2.69. The van der Waals surface area contributed by atoms with Crippen molar-refractivity contribution in [3.63, 3.8) is 0 Å². The second-order valence-electron chi connectivity index (χ2n) is 6.41. The molecule has 5 nitrogen and oxygen atoms in total. The van der Waals surface area contributed by atoms with Gasteiger partial charge in [0.1, 0.15) is 5.75 Å². The van der Waals surface area contributed by atoms with Crippen LogP contribution in [0.25, 0.3) is 5.69 Å². The molecule has 0 N–H and O–H groups in total. The molecule has 2 heterocycles. The van der Waals surface area contributed by atoms with Crippen LogP contribution in [0.15, 0.2) is 66.1 Å². The summed E-state index contributed by atoms with van der Waals surface area (Å²) < 4.78 is 7.21. The zero-order valence-corrected chi connectivity index (χ0v) is 16.1. The van der Waals surface area contributed by atoms with Crippen molar-refractivity contribution in [2.45, 2.75) is 23.8 Å². The highest BCUT2D eigenvalue weighted by atomic mass is 32.2. The maximum absolute atomic E-state index is 13.0. The minimum absolute atomic E-state index is 0.120. The van der Waals surface area contributed by atoms with E-state index in [-0.39, 0.29) is 11.2 Å². The normalized spacial score (nSPS) is 14.1. The Balaban J connectivity index is 1.51. The number of amides is 1. The Morgan fingerprint density at radius 1 is 1.19 bits per heavy atom. The number of nitrogens with zero attached hydrogens (tertiary/aromatic N) is 3. The van der Waals surface area contributed by atoms with Gasteiger partial charge in [0.05, 0.1) is 12.4 Å². The standard InChI is InChI=1S/C21H21N3O2S/c1-15(20(25)24-13-11-16-5-3-4-6-19(16)24)27-21-22-12-14-23(21)17-7-9-18(26-2)10-8-17/h3-10,12,14-15H,11,13H2,1-2H3. The third-order valence-electron chi connectivity index (χ3n) is 4.74. The fourth-order valence-corrected chi connectivity index (χ4v) is 4.26. The van der Waals surface area contributed by atoms with Gasteiger partial charge in [-0.15, -0.1) is 0 Å². The molecule has 1 amide bonds. The quantitative estimate of drug-likeness (QED) is 0.630. The van der Waals surface area contributed by atoms with E-state index < -0.39 is 0 Å². The first kappa shape index (κ1) is 17.7. The van der Waals surface area contributed by atoms with Crippen LogP contribution in [0, 0.1) is 0 Å². The molecule has 0 saturated carbocycles. The lowest BCUT2D eigenvalue weighted by molar-refractivity contribution is -0.117. The molecule has 0 radical (unpaired) electrons. The van der Waals surface area contributed by atoms with Crippen LogP contribution in [0.5, 0.6) is 5.75 Å². The molecule has 6 heteroatoms. The summed E-state index contributed by atoms with van der Waals surface area (Å²) >= 11 is 1.48. The number of hydrogen-bond acceptors (Lipinski definition) is 4. The van der Waals surface area contributed by atoms with Crippen LogP contribution >= 0.6 is 11.8 Å². The van der Waals surface area contributed by atoms with Crippen LogP contribution in [0.2, 0.25) is 0 Å². The van der Waals surface area contributed by atoms with E-state index in [1.165, 1.54) is 17.3 Å². The van der Waals surface area contributed by atoms with Crippen molar-refractivity contribution < 1.29 is 9.53 Å².